The molecule has 1 saturated carbocycles. The molecule has 1 aliphatic carbocycles. The number of anilines is 1. The molecule has 23 heavy (non-hydrogen) atoms. The van der Waals surface area contributed by atoms with Gasteiger partial charge in [-0.25, -0.2) is 4.79 Å². The molecule has 0 aliphatic heterocycles. The number of nitrogens with zero attached hydrogens (tertiary/aromatic N) is 2. The third-order valence-corrected chi connectivity index (χ3v) is 4.47. The van der Waals surface area contributed by atoms with Crippen LogP contribution in [0.3, 0.4) is 0 Å². The first kappa shape index (κ1) is 15.4. The summed E-state index contributed by atoms with van der Waals surface area (Å²) in [5.41, 5.74) is 6.55. The minimum atomic E-state index is -0.425. The largest absolute Gasteiger partial charge is 0.494 e. The van der Waals surface area contributed by atoms with Crippen LogP contribution in [0, 0.1) is 0 Å². The fraction of sp³-hybridized carbons (Fsp3) is 0.412. The third kappa shape index (κ3) is 3.16. The summed E-state index contributed by atoms with van der Waals surface area (Å²) >= 11 is 0. The van der Waals surface area contributed by atoms with E-state index in [-0.39, 0.29) is 11.9 Å². The van der Waals surface area contributed by atoms with E-state index in [0.717, 1.165) is 37.3 Å². The average Bonchev–Trinajstić information content (AvgIpc) is 3.00. The highest BCUT2D eigenvalue weighted by atomic mass is 16.3. The molecule has 0 radical (unpaired) electrons. The van der Waals surface area contributed by atoms with E-state index in [1.54, 1.807) is 6.07 Å². The van der Waals surface area contributed by atoms with E-state index in [1.807, 2.05) is 18.2 Å². The van der Waals surface area contributed by atoms with Crippen LogP contribution in [-0.2, 0) is 13.0 Å². The first-order valence-corrected chi connectivity index (χ1v) is 7.96. The summed E-state index contributed by atoms with van der Waals surface area (Å²) in [6.45, 7) is 0.307. The molecule has 6 heteroatoms. The second-order valence-electron chi connectivity index (χ2n) is 6.08. The van der Waals surface area contributed by atoms with Gasteiger partial charge in [-0.05, 0) is 37.0 Å². The minimum Gasteiger partial charge on any atom is -0.494 e. The van der Waals surface area contributed by atoms with Crippen molar-refractivity contribution in [3.63, 3.8) is 0 Å². The van der Waals surface area contributed by atoms with Gasteiger partial charge in [-0.15, -0.1) is 0 Å². The number of hydrogen-bond acceptors (Lipinski definition) is 4. The molecular weight excluding hydrogens is 294 g/mol. The van der Waals surface area contributed by atoms with Crippen molar-refractivity contribution in [3.05, 3.63) is 56.7 Å². The second-order valence-corrected chi connectivity index (χ2v) is 6.08. The lowest BCUT2D eigenvalue weighted by Crippen LogP contribution is -2.41. The number of hydrogen-bond donors (Lipinski definition) is 2. The van der Waals surface area contributed by atoms with Crippen molar-refractivity contribution in [1.29, 1.82) is 0 Å². The number of rotatable bonds is 4. The zero-order valence-corrected chi connectivity index (χ0v) is 12.9. The summed E-state index contributed by atoms with van der Waals surface area (Å²) < 4.78 is 2.56. The highest BCUT2D eigenvalue weighted by molar-refractivity contribution is 5.40. The third-order valence-electron chi connectivity index (χ3n) is 4.47. The molecule has 1 fully saturated rings. The van der Waals surface area contributed by atoms with Gasteiger partial charge >= 0.3 is 5.69 Å². The van der Waals surface area contributed by atoms with Crippen LogP contribution in [0.2, 0.25) is 0 Å². The predicted octanol–water partition coefficient (Wildman–Crippen LogP) is 1.66. The molecule has 1 aromatic heterocycles. The van der Waals surface area contributed by atoms with Crippen molar-refractivity contribution in [2.75, 3.05) is 5.73 Å². The molecule has 0 amide bonds. The molecule has 1 aliphatic rings. The maximum atomic E-state index is 12.6. The Balaban J connectivity index is 1.91. The smallest absolute Gasteiger partial charge is 0.334 e. The van der Waals surface area contributed by atoms with E-state index in [4.69, 9.17) is 5.73 Å². The summed E-state index contributed by atoms with van der Waals surface area (Å²) in [4.78, 5) is 24.7. The quantitative estimate of drug-likeness (QED) is 0.840. The van der Waals surface area contributed by atoms with Gasteiger partial charge in [-0.3, -0.25) is 13.9 Å². The van der Waals surface area contributed by atoms with Crippen molar-refractivity contribution >= 4 is 5.69 Å². The van der Waals surface area contributed by atoms with Crippen LogP contribution in [-0.4, -0.2) is 14.2 Å². The summed E-state index contributed by atoms with van der Waals surface area (Å²) in [5.74, 6) is -0.279. The fourth-order valence-electron chi connectivity index (χ4n) is 3.28. The normalized spacial score (nSPS) is 15.1. The van der Waals surface area contributed by atoms with Crippen LogP contribution < -0.4 is 17.0 Å². The Bertz CT molecular complexity index is 817. The van der Waals surface area contributed by atoms with E-state index in [9.17, 15) is 14.7 Å². The van der Waals surface area contributed by atoms with Crippen LogP contribution in [0.15, 0.2) is 39.9 Å². The number of aryl methyl sites for hydroxylation is 1. The lowest BCUT2D eigenvalue weighted by molar-refractivity contribution is 0.373. The first-order valence-electron chi connectivity index (χ1n) is 7.96. The molecule has 0 bridgehead atoms. The average molecular weight is 315 g/mol. The van der Waals surface area contributed by atoms with Gasteiger partial charge in [0.25, 0.3) is 5.56 Å². The predicted molar refractivity (Wildman–Crippen MR) is 88.7 cm³/mol. The van der Waals surface area contributed by atoms with Crippen molar-refractivity contribution in [3.8, 4) is 5.88 Å². The van der Waals surface area contributed by atoms with Crippen LogP contribution >= 0.6 is 0 Å². The van der Waals surface area contributed by atoms with Crippen molar-refractivity contribution in [2.24, 2.45) is 0 Å². The Morgan fingerprint density at radius 2 is 1.91 bits per heavy atom. The number of aromatic hydroxyl groups is 1. The van der Waals surface area contributed by atoms with Gasteiger partial charge in [0.05, 0.1) is 6.07 Å². The van der Waals surface area contributed by atoms with Crippen LogP contribution in [0.5, 0.6) is 5.88 Å². The first-order chi connectivity index (χ1) is 11.1. The van der Waals surface area contributed by atoms with Gasteiger partial charge in [0.2, 0.25) is 5.88 Å². The highest BCUT2D eigenvalue weighted by Crippen LogP contribution is 2.27. The zero-order chi connectivity index (χ0) is 16.4. The molecule has 3 N–H and O–H groups in total. The Morgan fingerprint density at radius 3 is 2.61 bits per heavy atom. The molecule has 0 saturated heterocycles. The molecular formula is C17H21N3O3. The number of nitrogens with two attached hydrogens (primary N) is 1. The lowest BCUT2D eigenvalue weighted by Gasteiger charge is -2.16. The summed E-state index contributed by atoms with van der Waals surface area (Å²) in [5, 5.41) is 10.00. The van der Waals surface area contributed by atoms with E-state index < -0.39 is 11.2 Å². The van der Waals surface area contributed by atoms with Crippen LogP contribution in [0.1, 0.15) is 37.3 Å². The SMILES string of the molecule is Nc1cccc(CCn2c(O)cc(=O)n(C3CCCC3)c2=O)c1. The van der Waals surface area contributed by atoms with Gasteiger partial charge in [0.1, 0.15) is 0 Å². The van der Waals surface area contributed by atoms with Crippen LogP contribution in [0.25, 0.3) is 0 Å². The van der Waals surface area contributed by atoms with Gasteiger partial charge in [0, 0.05) is 18.3 Å². The van der Waals surface area contributed by atoms with Gasteiger partial charge < -0.3 is 10.8 Å². The molecule has 6 nitrogen and oxygen atoms in total. The van der Waals surface area contributed by atoms with E-state index >= 15 is 0 Å². The molecule has 0 spiro atoms. The Labute approximate surface area is 133 Å². The number of aromatic nitrogens is 2. The molecule has 0 atom stereocenters. The molecule has 1 heterocycles. The highest BCUT2D eigenvalue weighted by Gasteiger charge is 2.22. The van der Waals surface area contributed by atoms with Gasteiger partial charge in [0.15, 0.2) is 0 Å². The zero-order valence-electron chi connectivity index (χ0n) is 12.9. The summed E-state index contributed by atoms with van der Waals surface area (Å²) in [6, 6.07) is 8.51. The number of benzene rings is 1. The topological polar surface area (TPSA) is 90.2 Å². The van der Waals surface area contributed by atoms with E-state index in [2.05, 4.69) is 0 Å². The van der Waals surface area contributed by atoms with Gasteiger partial charge in [-0.2, -0.15) is 0 Å². The van der Waals surface area contributed by atoms with Crippen LogP contribution in [0.4, 0.5) is 5.69 Å². The monoisotopic (exact) mass is 315 g/mol. The fourth-order valence-corrected chi connectivity index (χ4v) is 3.28. The Kier molecular flexibility index (Phi) is 4.23. The summed E-state index contributed by atoms with van der Waals surface area (Å²) in [7, 11) is 0. The van der Waals surface area contributed by atoms with E-state index in [0.29, 0.717) is 18.7 Å². The molecule has 2 aromatic rings. The number of nitrogen functional groups attached to an aromatic ring is 1. The second kappa shape index (κ2) is 6.32. The Hall–Kier alpha value is -2.50. The summed E-state index contributed by atoms with van der Waals surface area (Å²) in [6.07, 6.45) is 4.30. The van der Waals surface area contributed by atoms with Crippen molar-refractivity contribution in [2.45, 2.75) is 44.7 Å². The van der Waals surface area contributed by atoms with Gasteiger partial charge in [-0.1, -0.05) is 25.0 Å². The molecule has 1 aromatic carbocycles. The van der Waals surface area contributed by atoms with E-state index in [1.165, 1.54) is 9.13 Å². The maximum absolute atomic E-state index is 12.6. The van der Waals surface area contributed by atoms with Crippen molar-refractivity contribution < 1.29 is 5.11 Å². The maximum Gasteiger partial charge on any atom is 0.334 e. The minimum absolute atomic E-state index is 0.0470. The molecule has 3 rings (SSSR count). The lowest BCUT2D eigenvalue weighted by atomic mass is 10.1. The Morgan fingerprint density at radius 1 is 1.17 bits per heavy atom. The standard InChI is InChI=1S/C17H21N3O3/c18-13-5-3-4-12(10-13)8-9-19-15(21)11-16(22)20(17(19)23)14-6-1-2-7-14/h3-5,10-11,14,21H,1-2,6-9,18H2. The molecule has 0 unspecified atom stereocenters. The van der Waals surface area contributed by atoms with Crippen molar-refractivity contribution in [1.82, 2.24) is 9.13 Å². The molecule has 122 valence electrons.